The number of sulfonamides is 1. The highest BCUT2D eigenvalue weighted by Crippen LogP contribution is 2.12. The van der Waals surface area contributed by atoms with Gasteiger partial charge in [-0.05, 0) is 44.4 Å². The van der Waals surface area contributed by atoms with Crippen molar-refractivity contribution in [3.05, 3.63) is 29.8 Å². The predicted molar refractivity (Wildman–Crippen MR) is 87.0 cm³/mol. The van der Waals surface area contributed by atoms with Crippen molar-refractivity contribution < 1.29 is 13.2 Å². The summed E-state index contributed by atoms with van der Waals surface area (Å²) in [5.41, 5.74) is 0.983. The molecule has 0 aliphatic carbocycles. The van der Waals surface area contributed by atoms with Gasteiger partial charge in [-0.2, -0.15) is 16.5 Å². The third-order valence-corrected chi connectivity index (χ3v) is 5.04. The van der Waals surface area contributed by atoms with Gasteiger partial charge in [0.25, 0.3) is 0 Å². The molecule has 0 aliphatic heterocycles. The molecule has 1 rings (SSSR count). The lowest BCUT2D eigenvalue weighted by atomic mass is 10.2. The zero-order valence-electron chi connectivity index (χ0n) is 12.5. The van der Waals surface area contributed by atoms with Gasteiger partial charge in [0, 0.05) is 6.54 Å². The fraction of sp³-hybridized carbons (Fsp3) is 0.500. The average Bonchev–Trinajstić information content (AvgIpc) is 2.44. The van der Waals surface area contributed by atoms with Gasteiger partial charge in [0.1, 0.15) is 6.04 Å². The molecule has 0 saturated heterocycles. The molecule has 1 aromatic carbocycles. The molecule has 1 aromatic rings. The van der Waals surface area contributed by atoms with Gasteiger partial charge >= 0.3 is 0 Å². The standard InChI is InChI=1S/C14H22N2O3S2/c1-4-15-14(17)13(9-10-20-3)16-21(18,19)12-7-5-11(2)6-8-12/h5-8,13,16H,4,9-10H2,1-3H3,(H,15,17). The number of amides is 1. The van der Waals surface area contributed by atoms with Crippen molar-refractivity contribution in [2.75, 3.05) is 18.6 Å². The fourth-order valence-corrected chi connectivity index (χ4v) is 3.45. The smallest absolute Gasteiger partial charge is 0.241 e. The molecule has 0 radical (unpaired) electrons. The van der Waals surface area contributed by atoms with E-state index in [-0.39, 0.29) is 10.8 Å². The van der Waals surface area contributed by atoms with Crippen LogP contribution in [-0.4, -0.2) is 38.9 Å². The van der Waals surface area contributed by atoms with Gasteiger partial charge < -0.3 is 5.32 Å². The number of aryl methyl sites for hydroxylation is 1. The normalized spacial score (nSPS) is 12.9. The van der Waals surface area contributed by atoms with E-state index >= 15 is 0 Å². The van der Waals surface area contributed by atoms with Crippen LogP contribution in [0.1, 0.15) is 18.9 Å². The number of carbonyl (C=O) groups excluding carboxylic acids is 1. The molecule has 21 heavy (non-hydrogen) atoms. The Hall–Kier alpha value is -1.05. The van der Waals surface area contributed by atoms with Crippen molar-refractivity contribution in [3.8, 4) is 0 Å². The summed E-state index contributed by atoms with van der Waals surface area (Å²) in [6.07, 6.45) is 2.38. The lowest BCUT2D eigenvalue weighted by molar-refractivity contribution is -0.122. The Bertz CT molecular complexity index is 556. The van der Waals surface area contributed by atoms with Crippen LogP contribution in [0.2, 0.25) is 0 Å². The summed E-state index contributed by atoms with van der Waals surface area (Å²) in [4.78, 5) is 12.1. The molecule has 2 N–H and O–H groups in total. The van der Waals surface area contributed by atoms with Crippen molar-refractivity contribution in [2.24, 2.45) is 0 Å². The number of nitrogens with one attached hydrogen (secondary N) is 2. The van der Waals surface area contributed by atoms with E-state index in [0.717, 1.165) is 5.56 Å². The largest absolute Gasteiger partial charge is 0.355 e. The van der Waals surface area contributed by atoms with Gasteiger partial charge in [0.2, 0.25) is 15.9 Å². The number of hydrogen-bond donors (Lipinski definition) is 2. The van der Waals surface area contributed by atoms with E-state index in [2.05, 4.69) is 10.0 Å². The van der Waals surface area contributed by atoms with Gasteiger partial charge in [0.15, 0.2) is 0 Å². The predicted octanol–water partition coefficient (Wildman–Crippen LogP) is 1.53. The first kappa shape index (κ1) is 18.0. The molecule has 1 amide bonds. The minimum Gasteiger partial charge on any atom is -0.355 e. The third-order valence-electron chi connectivity index (χ3n) is 2.91. The zero-order valence-corrected chi connectivity index (χ0v) is 14.2. The SMILES string of the molecule is CCNC(=O)C(CCSC)NS(=O)(=O)c1ccc(C)cc1. The van der Waals surface area contributed by atoms with Gasteiger partial charge in [-0.1, -0.05) is 17.7 Å². The monoisotopic (exact) mass is 330 g/mol. The molecular weight excluding hydrogens is 308 g/mol. The van der Waals surface area contributed by atoms with E-state index in [1.165, 1.54) is 0 Å². The van der Waals surface area contributed by atoms with Crippen molar-refractivity contribution >= 4 is 27.7 Å². The Morgan fingerprint density at radius 2 is 1.90 bits per heavy atom. The zero-order chi connectivity index (χ0) is 15.9. The quantitative estimate of drug-likeness (QED) is 0.758. The van der Waals surface area contributed by atoms with Crippen LogP contribution in [0.25, 0.3) is 0 Å². The molecule has 118 valence electrons. The van der Waals surface area contributed by atoms with Crippen molar-refractivity contribution in [2.45, 2.75) is 31.2 Å². The second kappa shape index (κ2) is 8.41. The van der Waals surface area contributed by atoms with Crippen LogP contribution in [0.4, 0.5) is 0 Å². The molecule has 0 aliphatic rings. The maximum absolute atomic E-state index is 12.3. The Kier molecular flexibility index (Phi) is 7.21. The number of carbonyl (C=O) groups is 1. The van der Waals surface area contributed by atoms with Crippen molar-refractivity contribution in [1.29, 1.82) is 0 Å². The van der Waals surface area contributed by atoms with Crippen LogP contribution in [0.5, 0.6) is 0 Å². The minimum atomic E-state index is -3.69. The molecule has 0 heterocycles. The van der Waals surface area contributed by atoms with Gasteiger partial charge in [-0.25, -0.2) is 8.42 Å². The summed E-state index contributed by atoms with van der Waals surface area (Å²) in [6.45, 7) is 4.17. The molecule has 7 heteroatoms. The molecule has 1 atom stereocenters. The van der Waals surface area contributed by atoms with Crippen LogP contribution in [0.3, 0.4) is 0 Å². The minimum absolute atomic E-state index is 0.173. The molecule has 5 nitrogen and oxygen atoms in total. The average molecular weight is 330 g/mol. The van der Waals surface area contributed by atoms with E-state index in [9.17, 15) is 13.2 Å². The van der Waals surface area contributed by atoms with E-state index < -0.39 is 16.1 Å². The molecule has 0 bridgehead atoms. The maximum Gasteiger partial charge on any atom is 0.241 e. The summed E-state index contributed by atoms with van der Waals surface area (Å²) < 4.78 is 27.2. The Morgan fingerprint density at radius 3 is 2.43 bits per heavy atom. The Balaban J connectivity index is 2.89. The first-order valence-electron chi connectivity index (χ1n) is 6.76. The second-order valence-corrected chi connectivity index (χ2v) is 7.36. The van der Waals surface area contributed by atoms with E-state index in [0.29, 0.717) is 18.7 Å². The van der Waals surface area contributed by atoms with Crippen LogP contribution in [-0.2, 0) is 14.8 Å². The van der Waals surface area contributed by atoms with Gasteiger partial charge in [-0.15, -0.1) is 0 Å². The van der Waals surface area contributed by atoms with Gasteiger partial charge in [0.05, 0.1) is 4.90 Å². The first-order chi connectivity index (χ1) is 9.90. The number of rotatable bonds is 8. The summed E-state index contributed by atoms with van der Waals surface area (Å²) in [7, 11) is -3.69. The molecule has 0 aromatic heterocycles. The molecular formula is C14H22N2O3S2. The van der Waals surface area contributed by atoms with Crippen LogP contribution in [0, 0.1) is 6.92 Å². The number of hydrogen-bond acceptors (Lipinski definition) is 4. The number of benzene rings is 1. The summed E-state index contributed by atoms with van der Waals surface area (Å²) in [5.74, 6) is 0.417. The Morgan fingerprint density at radius 1 is 1.29 bits per heavy atom. The van der Waals surface area contributed by atoms with E-state index in [1.54, 1.807) is 43.0 Å². The van der Waals surface area contributed by atoms with Gasteiger partial charge in [-0.3, -0.25) is 4.79 Å². The van der Waals surface area contributed by atoms with E-state index in [1.807, 2.05) is 13.2 Å². The lowest BCUT2D eigenvalue weighted by Crippen LogP contribution is -2.46. The van der Waals surface area contributed by atoms with Crippen LogP contribution in [0.15, 0.2) is 29.2 Å². The van der Waals surface area contributed by atoms with Crippen LogP contribution >= 0.6 is 11.8 Å². The summed E-state index contributed by atoms with van der Waals surface area (Å²) in [6, 6.07) is 5.81. The van der Waals surface area contributed by atoms with E-state index in [4.69, 9.17) is 0 Å². The van der Waals surface area contributed by atoms with Crippen LogP contribution < -0.4 is 10.0 Å². The van der Waals surface area contributed by atoms with Crippen molar-refractivity contribution in [1.82, 2.24) is 10.0 Å². The molecule has 0 saturated carbocycles. The summed E-state index contributed by atoms with van der Waals surface area (Å²) in [5, 5.41) is 2.66. The highest BCUT2D eigenvalue weighted by atomic mass is 32.2. The number of likely N-dealkylation sites (N-methyl/N-ethyl adjacent to an activating group) is 1. The Labute approximate surface area is 130 Å². The molecule has 1 unspecified atom stereocenters. The molecule has 0 spiro atoms. The third kappa shape index (κ3) is 5.68. The highest BCUT2D eigenvalue weighted by molar-refractivity contribution is 7.98. The fourth-order valence-electron chi connectivity index (χ4n) is 1.75. The lowest BCUT2D eigenvalue weighted by Gasteiger charge is -2.17. The number of thioether (sulfide) groups is 1. The summed E-state index contributed by atoms with van der Waals surface area (Å²) >= 11 is 1.57. The second-order valence-electron chi connectivity index (χ2n) is 4.66. The first-order valence-corrected chi connectivity index (χ1v) is 9.64. The topological polar surface area (TPSA) is 75.3 Å². The highest BCUT2D eigenvalue weighted by Gasteiger charge is 2.24. The molecule has 0 fully saturated rings. The maximum atomic E-state index is 12.3. The van der Waals surface area contributed by atoms with Crippen molar-refractivity contribution in [3.63, 3.8) is 0 Å².